The monoisotopic (exact) mass is 301 g/mol. The maximum atomic E-state index is 12.3. The van der Waals surface area contributed by atoms with E-state index in [1.165, 1.54) is 0 Å². The summed E-state index contributed by atoms with van der Waals surface area (Å²) in [5, 5.41) is -0.00763. The smallest absolute Gasteiger partial charge is 0.224 e. The molecule has 0 radical (unpaired) electrons. The van der Waals surface area contributed by atoms with Gasteiger partial charge in [-0.15, -0.1) is 11.8 Å². The van der Waals surface area contributed by atoms with Gasteiger partial charge in [0.2, 0.25) is 5.91 Å². The standard InChI is InChI=1S/C17H19NO2S/c1-2-14-8-9-15(20-14)17-18(16(19)10-11-21-17)12-13-6-4-3-5-7-13/h3-9,17H,2,10-12H2,1H3. The normalized spacial score (nSPS) is 19.0. The van der Waals surface area contributed by atoms with Crippen molar-refractivity contribution in [2.75, 3.05) is 5.75 Å². The number of nitrogens with zero attached hydrogens (tertiary/aromatic N) is 1. The Morgan fingerprint density at radius 2 is 2.05 bits per heavy atom. The van der Waals surface area contributed by atoms with Crippen LogP contribution in [0.1, 0.15) is 35.8 Å². The van der Waals surface area contributed by atoms with Crippen LogP contribution in [0, 0.1) is 0 Å². The Hall–Kier alpha value is -1.68. The first-order valence-corrected chi connectivity index (χ1v) is 8.36. The Balaban J connectivity index is 1.84. The van der Waals surface area contributed by atoms with Gasteiger partial charge in [-0.2, -0.15) is 0 Å². The SMILES string of the molecule is CCc1ccc(C2SCCC(=O)N2Cc2ccccc2)o1. The number of hydrogen-bond donors (Lipinski definition) is 0. The first kappa shape index (κ1) is 14.3. The molecule has 1 fully saturated rings. The van der Waals surface area contributed by atoms with E-state index >= 15 is 0 Å². The average Bonchev–Trinajstić information content (AvgIpc) is 2.99. The van der Waals surface area contributed by atoms with Gasteiger partial charge in [-0.1, -0.05) is 37.3 Å². The van der Waals surface area contributed by atoms with Crippen LogP contribution in [0.15, 0.2) is 46.9 Å². The van der Waals surface area contributed by atoms with Crippen LogP contribution < -0.4 is 0 Å². The largest absolute Gasteiger partial charge is 0.463 e. The lowest BCUT2D eigenvalue weighted by Crippen LogP contribution is -2.36. The van der Waals surface area contributed by atoms with E-state index in [9.17, 15) is 4.79 Å². The molecular formula is C17H19NO2S. The molecule has 1 aromatic heterocycles. The number of thioether (sulfide) groups is 1. The van der Waals surface area contributed by atoms with Gasteiger partial charge in [-0.05, 0) is 17.7 Å². The molecule has 1 atom stereocenters. The summed E-state index contributed by atoms with van der Waals surface area (Å²) in [6, 6.07) is 14.1. The van der Waals surface area contributed by atoms with Crippen LogP contribution in [-0.2, 0) is 17.8 Å². The Bertz CT molecular complexity index is 608. The highest BCUT2D eigenvalue weighted by atomic mass is 32.2. The van der Waals surface area contributed by atoms with Gasteiger partial charge in [0, 0.05) is 25.1 Å². The number of benzene rings is 1. The zero-order valence-corrected chi connectivity index (χ0v) is 12.9. The fourth-order valence-corrected chi connectivity index (χ4v) is 3.71. The predicted molar refractivity (Wildman–Crippen MR) is 84.9 cm³/mol. The lowest BCUT2D eigenvalue weighted by Gasteiger charge is -2.34. The zero-order chi connectivity index (χ0) is 14.7. The second kappa shape index (κ2) is 6.39. The molecule has 110 valence electrons. The van der Waals surface area contributed by atoms with Gasteiger partial charge in [0.25, 0.3) is 0 Å². The third kappa shape index (κ3) is 3.16. The molecule has 1 amide bonds. The Morgan fingerprint density at radius 3 is 2.76 bits per heavy atom. The third-order valence-corrected chi connectivity index (χ3v) is 4.91. The van der Waals surface area contributed by atoms with Gasteiger partial charge < -0.3 is 9.32 Å². The fraction of sp³-hybridized carbons (Fsp3) is 0.353. The molecule has 0 bridgehead atoms. The highest BCUT2D eigenvalue weighted by molar-refractivity contribution is 7.99. The summed E-state index contributed by atoms with van der Waals surface area (Å²) in [7, 11) is 0. The quantitative estimate of drug-likeness (QED) is 0.855. The summed E-state index contributed by atoms with van der Waals surface area (Å²) >= 11 is 1.78. The third-order valence-electron chi connectivity index (χ3n) is 3.67. The fourth-order valence-electron chi connectivity index (χ4n) is 2.53. The van der Waals surface area contributed by atoms with Crippen molar-refractivity contribution < 1.29 is 9.21 Å². The maximum Gasteiger partial charge on any atom is 0.224 e. The molecule has 0 spiro atoms. The molecule has 1 saturated heterocycles. The first-order valence-electron chi connectivity index (χ1n) is 7.31. The average molecular weight is 301 g/mol. The number of rotatable bonds is 4. The summed E-state index contributed by atoms with van der Waals surface area (Å²) in [4.78, 5) is 14.3. The number of carbonyl (C=O) groups is 1. The molecule has 1 aromatic carbocycles. The minimum absolute atomic E-state index is 0.00763. The molecule has 1 aliphatic rings. The lowest BCUT2D eigenvalue weighted by molar-refractivity contribution is -0.133. The number of aryl methyl sites for hydroxylation is 1. The van der Waals surface area contributed by atoms with Gasteiger partial charge in [0.1, 0.15) is 16.9 Å². The van der Waals surface area contributed by atoms with Crippen molar-refractivity contribution in [3.63, 3.8) is 0 Å². The van der Waals surface area contributed by atoms with Gasteiger partial charge in [-0.3, -0.25) is 4.79 Å². The minimum Gasteiger partial charge on any atom is -0.463 e. The predicted octanol–water partition coefficient (Wildman–Crippen LogP) is 4.01. The topological polar surface area (TPSA) is 33.5 Å². The molecule has 2 heterocycles. The van der Waals surface area contributed by atoms with Crippen molar-refractivity contribution in [1.82, 2.24) is 4.90 Å². The van der Waals surface area contributed by atoms with Crippen LogP contribution >= 0.6 is 11.8 Å². The van der Waals surface area contributed by atoms with Crippen LogP contribution in [0.2, 0.25) is 0 Å². The summed E-state index contributed by atoms with van der Waals surface area (Å²) in [5.41, 5.74) is 1.15. The molecule has 3 nitrogen and oxygen atoms in total. The van der Waals surface area contributed by atoms with Crippen molar-refractivity contribution in [3.8, 4) is 0 Å². The molecule has 0 aliphatic carbocycles. The molecule has 0 N–H and O–H groups in total. The van der Waals surface area contributed by atoms with E-state index in [2.05, 4.69) is 19.1 Å². The highest BCUT2D eigenvalue weighted by Gasteiger charge is 2.31. The van der Waals surface area contributed by atoms with E-state index in [1.54, 1.807) is 11.8 Å². The van der Waals surface area contributed by atoms with Gasteiger partial charge in [-0.25, -0.2) is 0 Å². The molecule has 3 rings (SSSR count). The Labute approximate surface area is 129 Å². The van der Waals surface area contributed by atoms with E-state index in [4.69, 9.17) is 4.42 Å². The van der Waals surface area contributed by atoms with Crippen molar-refractivity contribution in [2.45, 2.75) is 31.7 Å². The molecule has 21 heavy (non-hydrogen) atoms. The van der Waals surface area contributed by atoms with Crippen LogP contribution in [0.25, 0.3) is 0 Å². The Kier molecular flexibility index (Phi) is 4.34. The Morgan fingerprint density at radius 1 is 1.24 bits per heavy atom. The van der Waals surface area contributed by atoms with Crippen molar-refractivity contribution in [3.05, 3.63) is 59.5 Å². The summed E-state index contributed by atoms with van der Waals surface area (Å²) < 4.78 is 5.87. The van der Waals surface area contributed by atoms with Gasteiger partial charge >= 0.3 is 0 Å². The van der Waals surface area contributed by atoms with E-state index in [1.807, 2.05) is 35.2 Å². The van der Waals surface area contributed by atoms with Crippen LogP contribution in [0.3, 0.4) is 0 Å². The second-order valence-corrected chi connectivity index (χ2v) is 6.33. The van der Waals surface area contributed by atoms with Crippen LogP contribution in [0.4, 0.5) is 0 Å². The van der Waals surface area contributed by atoms with E-state index in [-0.39, 0.29) is 11.3 Å². The second-order valence-electron chi connectivity index (χ2n) is 5.14. The lowest BCUT2D eigenvalue weighted by atomic mass is 10.2. The molecule has 0 saturated carbocycles. The zero-order valence-electron chi connectivity index (χ0n) is 12.1. The number of carbonyl (C=O) groups excluding carboxylic acids is 1. The number of hydrogen-bond acceptors (Lipinski definition) is 3. The van der Waals surface area contributed by atoms with Gasteiger partial charge in [0.15, 0.2) is 0 Å². The molecule has 1 unspecified atom stereocenters. The van der Waals surface area contributed by atoms with E-state index in [0.717, 1.165) is 29.3 Å². The van der Waals surface area contributed by atoms with Crippen LogP contribution in [-0.4, -0.2) is 16.6 Å². The van der Waals surface area contributed by atoms with Crippen molar-refractivity contribution >= 4 is 17.7 Å². The number of furan rings is 1. The number of amides is 1. The summed E-state index contributed by atoms with van der Waals surface area (Å²) in [6.07, 6.45) is 1.49. The first-order chi connectivity index (χ1) is 10.3. The van der Waals surface area contributed by atoms with Crippen molar-refractivity contribution in [1.29, 1.82) is 0 Å². The molecule has 2 aromatic rings. The molecule has 4 heteroatoms. The minimum atomic E-state index is -0.00763. The highest BCUT2D eigenvalue weighted by Crippen LogP contribution is 2.39. The molecular weight excluding hydrogens is 282 g/mol. The molecule has 1 aliphatic heterocycles. The van der Waals surface area contributed by atoms with E-state index < -0.39 is 0 Å². The van der Waals surface area contributed by atoms with E-state index in [0.29, 0.717) is 13.0 Å². The summed E-state index contributed by atoms with van der Waals surface area (Å²) in [5.74, 6) is 2.93. The van der Waals surface area contributed by atoms with Crippen molar-refractivity contribution in [2.24, 2.45) is 0 Å². The van der Waals surface area contributed by atoms with Gasteiger partial charge in [0.05, 0.1) is 0 Å². The summed E-state index contributed by atoms with van der Waals surface area (Å²) in [6.45, 7) is 2.71. The maximum absolute atomic E-state index is 12.3. The van der Waals surface area contributed by atoms with Crippen LogP contribution in [0.5, 0.6) is 0 Å².